The largest absolute Gasteiger partial charge is 0.410 e. The summed E-state index contributed by atoms with van der Waals surface area (Å²) in [5.41, 5.74) is 0.374. The van der Waals surface area contributed by atoms with E-state index in [0.717, 1.165) is 49.8 Å². The predicted octanol–water partition coefficient (Wildman–Crippen LogP) is 5.11. The first-order chi connectivity index (χ1) is 14.0. The van der Waals surface area contributed by atoms with Crippen LogP contribution in [0.2, 0.25) is 0 Å². The van der Waals surface area contributed by atoms with E-state index in [4.69, 9.17) is 0 Å². The number of carbonyl (C=O) groups excluding carboxylic acids is 1. The summed E-state index contributed by atoms with van der Waals surface area (Å²) < 4.78 is 42.6. The smallest absolute Gasteiger partial charge is 0.367 e. The van der Waals surface area contributed by atoms with E-state index >= 15 is 0 Å². The number of anilines is 1. The molecular weight excluding hydrogens is 393 g/mol. The van der Waals surface area contributed by atoms with Crippen molar-refractivity contribution in [1.29, 1.82) is 0 Å². The maximum atomic E-state index is 13.8. The monoisotopic (exact) mass is 426 g/mol. The summed E-state index contributed by atoms with van der Waals surface area (Å²) in [5, 5.41) is 7.72. The number of aromatic nitrogens is 2. The first-order valence-corrected chi connectivity index (χ1v) is 11.3. The fourth-order valence-corrected chi connectivity index (χ4v) is 5.21. The van der Waals surface area contributed by atoms with E-state index in [9.17, 15) is 18.0 Å². The molecule has 3 aliphatic rings. The van der Waals surface area contributed by atoms with Crippen LogP contribution >= 0.6 is 0 Å². The number of piperidine rings is 1. The van der Waals surface area contributed by atoms with Gasteiger partial charge in [-0.3, -0.25) is 4.79 Å². The van der Waals surface area contributed by atoms with Gasteiger partial charge in [-0.2, -0.15) is 18.3 Å². The minimum atomic E-state index is -4.35. The predicted molar refractivity (Wildman–Crippen MR) is 109 cm³/mol. The van der Waals surface area contributed by atoms with Crippen molar-refractivity contribution in [2.45, 2.75) is 89.9 Å². The molecule has 0 bridgehead atoms. The number of carbonyl (C=O) groups is 1. The molecule has 1 N–H and O–H groups in total. The van der Waals surface area contributed by atoms with Crippen molar-refractivity contribution in [3.8, 4) is 0 Å². The van der Waals surface area contributed by atoms with Gasteiger partial charge < -0.3 is 10.2 Å². The van der Waals surface area contributed by atoms with Gasteiger partial charge in [-0.1, -0.05) is 33.6 Å². The number of rotatable bonds is 2. The number of amides is 1. The standard InChI is InChI=1S/C22H33F3N4O/c1-21(2,3)17-12-18(22(23,24)25)29-19(26-17)11-16(27-29)15-9-6-10-28(13-15)20(30)14-7-4-5-8-14/h11,14-15,17-18,26H,4-10,12-13H2,1-3H3. The average molecular weight is 427 g/mol. The molecule has 1 aliphatic carbocycles. The van der Waals surface area contributed by atoms with Gasteiger partial charge in [0.1, 0.15) is 5.82 Å². The molecule has 0 aromatic carbocycles. The Morgan fingerprint density at radius 1 is 1.13 bits per heavy atom. The molecule has 0 spiro atoms. The second-order valence-electron chi connectivity index (χ2n) is 10.4. The van der Waals surface area contributed by atoms with Crippen LogP contribution in [0.15, 0.2) is 6.07 Å². The van der Waals surface area contributed by atoms with Crippen LogP contribution < -0.4 is 5.32 Å². The van der Waals surface area contributed by atoms with E-state index in [1.165, 1.54) is 0 Å². The van der Waals surface area contributed by atoms with E-state index in [1.807, 2.05) is 25.7 Å². The summed E-state index contributed by atoms with van der Waals surface area (Å²) in [4.78, 5) is 14.8. The molecule has 1 aromatic heterocycles. The van der Waals surface area contributed by atoms with Crippen molar-refractivity contribution >= 4 is 11.7 Å². The maximum Gasteiger partial charge on any atom is 0.410 e. The molecule has 2 fully saturated rings. The van der Waals surface area contributed by atoms with Crippen molar-refractivity contribution in [3.05, 3.63) is 11.8 Å². The molecule has 2 aliphatic heterocycles. The summed E-state index contributed by atoms with van der Waals surface area (Å²) in [7, 11) is 0. The van der Waals surface area contributed by atoms with Crippen molar-refractivity contribution in [1.82, 2.24) is 14.7 Å². The molecule has 3 unspecified atom stereocenters. The van der Waals surface area contributed by atoms with Crippen LogP contribution in [-0.4, -0.2) is 45.9 Å². The number of alkyl halides is 3. The molecule has 1 aromatic rings. The van der Waals surface area contributed by atoms with E-state index in [2.05, 4.69) is 10.4 Å². The Labute approximate surface area is 176 Å². The minimum absolute atomic E-state index is 0.00836. The topological polar surface area (TPSA) is 50.2 Å². The van der Waals surface area contributed by atoms with Crippen LogP contribution in [0, 0.1) is 11.3 Å². The molecule has 3 heterocycles. The Kier molecular flexibility index (Phi) is 5.56. The summed E-state index contributed by atoms with van der Waals surface area (Å²) in [6.07, 6.45) is 1.49. The van der Waals surface area contributed by atoms with E-state index in [1.54, 1.807) is 6.07 Å². The quantitative estimate of drug-likeness (QED) is 0.715. The van der Waals surface area contributed by atoms with Gasteiger partial charge in [-0.15, -0.1) is 0 Å². The van der Waals surface area contributed by atoms with Gasteiger partial charge >= 0.3 is 6.18 Å². The van der Waals surface area contributed by atoms with Crippen LogP contribution in [0.1, 0.15) is 83.4 Å². The summed E-state index contributed by atoms with van der Waals surface area (Å²) in [5.74, 6) is 0.784. The lowest BCUT2D eigenvalue weighted by molar-refractivity contribution is -0.175. The summed E-state index contributed by atoms with van der Waals surface area (Å²) >= 11 is 0. The number of likely N-dealkylation sites (tertiary alicyclic amines) is 1. The number of nitrogens with zero attached hydrogens (tertiary/aromatic N) is 3. The van der Waals surface area contributed by atoms with Crippen molar-refractivity contribution in [2.24, 2.45) is 11.3 Å². The molecule has 0 radical (unpaired) electrons. The van der Waals surface area contributed by atoms with Gasteiger partial charge in [0.25, 0.3) is 0 Å². The Morgan fingerprint density at radius 3 is 2.47 bits per heavy atom. The van der Waals surface area contributed by atoms with Crippen LogP contribution in [0.4, 0.5) is 19.0 Å². The Balaban J connectivity index is 1.56. The van der Waals surface area contributed by atoms with Crippen LogP contribution in [0.25, 0.3) is 0 Å². The fraction of sp³-hybridized carbons (Fsp3) is 0.818. The van der Waals surface area contributed by atoms with E-state index in [0.29, 0.717) is 18.1 Å². The second kappa shape index (κ2) is 7.75. The Hall–Kier alpha value is -1.73. The minimum Gasteiger partial charge on any atom is -0.367 e. The zero-order valence-electron chi connectivity index (χ0n) is 18.1. The molecule has 1 amide bonds. The first kappa shape index (κ1) is 21.5. The molecule has 3 atom stereocenters. The number of fused-ring (bicyclic) bond motifs is 1. The van der Waals surface area contributed by atoms with Gasteiger partial charge in [0, 0.05) is 37.0 Å². The van der Waals surface area contributed by atoms with Crippen LogP contribution in [0.5, 0.6) is 0 Å². The molecular formula is C22H33F3N4O. The van der Waals surface area contributed by atoms with Crippen molar-refractivity contribution in [3.63, 3.8) is 0 Å². The third kappa shape index (κ3) is 4.19. The molecule has 8 heteroatoms. The molecule has 1 saturated heterocycles. The second-order valence-corrected chi connectivity index (χ2v) is 10.4. The lowest BCUT2D eigenvalue weighted by Crippen LogP contribution is -2.44. The highest BCUT2D eigenvalue weighted by Gasteiger charge is 2.48. The van der Waals surface area contributed by atoms with Gasteiger partial charge in [-0.05, 0) is 37.5 Å². The number of halogens is 3. The lowest BCUT2D eigenvalue weighted by Gasteiger charge is -2.39. The maximum absolute atomic E-state index is 13.8. The first-order valence-electron chi connectivity index (χ1n) is 11.3. The average Bonchev–Trinajstić information content (AvgIpc) is 3.34. The number of hydrogen-bond donors (Lipinski definition) is 1. The SMILES string of the molecule is CC(C)(C)C1CC(C(F)(F)F)n2nc(C3CCCN(C(=O)C4CCCC4)C3)cc2N1. The van der Waals surface area contributed by atoms with E-state index < -0.39 is 12.2 Å². The highest BCUT2D eigenvalue weighted by Crippen LogP contribution is 2.44. The zero-order chi connectivity index (χ0) is 21.7. The van der Waals surface area contributed by atoms with Gasteiger partial charge in [0.15, 0.2) is 6.04 Å². The summed E-state index contributed by atoms with van der Waals surface area (Å²) in [6.45, 7) is 7.18. The third-order valence-corrected chi connectivity index (χ3v) is 7.11. The molecule has 5 nitrogen and oxygen atoms in total. The fourth-order valence-electron chi connectivity index (χ4n) is 5.21. The Morgan fingerprint density at radius 2 is 1.83 bits per heavy atom. The van der Waals surface area contributed by atoms with Gasteiger partial charge in [0.2, 0.25) is 5.91 Å². The lowest BCUT2D eigenvalue weighted by atomic mass is 9.82. The molecule has 168 valence electrons. The van der Waals surface area contributed by atoms with E-state index in [-0.39, 0.29) is 35.6 Å². The molecule has 4 rings (SSSR count). The highest BCUT2D eigenvalue weighted by atomic mass is 19.4. The number of hydrogen-bond acceptors (Lipinski definition) is 3. The van der Waals surface area contributed by atoms with Crippen molar-refractivity contribution in [2.75, 3.05) is 18.4 Å². The zero-order valence-corrected chi connectivity index (χ0v) is 18.1. The highest BCUT2D eigenvalue weighted by molar-refractivity contribution is 5.79. The van der Waals surface area contributed by atoms with Gasteiger partial charge in [0.05, 0.1) is 5.69 Å². The van der Waals surface area contributed by atoms with Crippen molar-refractivity contribution < 1.29 is 18.0 Å². The molecule has 1 saturated carbocycles. The van der Waals surface area contributed by atoms with Crippen LogP contribution in [0.3, 0.4) is 0 Å². The Bertz CT molecular complexity index is 776. The third-order valence-electron chi connectivity index (χ3n) is 7.11. The summed E-state index contributed by atoms with van der Waals surface area (Å²) in [6, 6.07) is -0.121. The van der Waals surface area contributed by atoms with Crippen LogP contribution in [-0.2, 0) is 4.79 Å². The van der Waals surface area contributed by atoms with Gasteiger partial charge in [-0.25, -0.2) is 4.68 Å². The number of nitrogens with one attached hydrogen (secondary N) is 1. The normalized spacial score (nSPS) is 28.3. The molecule has 30 heavy (non-hydrogen) atoms.